The van der Waals surface area contributed by atoms with Gasteiger partial charge in [0.15, 0.2) is 0 Å². The molecule has 2 aromatic rings. The predicted molar refractivity (Wildman–Crippen MR) is 98.7 cm³/mol. The van der Waals surface area contributed by atoms with Crippen molar-refractivity contribution in [1.29, 1.82) is 0 Å². The molecule has 2 amide bonds. The van der Waals surface area contributed by atoms with Crippen LogP contribution in [0.4, 0.5) is 11.4 Å². The summed E-state index contributed by atoms with van der Waals surface area (Å²) in [6, 6.07) is 14.2. The normalized spacial score (nSPS) is 10.1. The van der Waals surface area contributed by atoms with E-state index in [4.69, 9.17) is 10.5 Å². The second-order valence-corrected chi connectivity index (χ2v) is 5.42. The Kier molecular flexibility index (Phi) is 6.83. The topological polar surface area (TPSA) is 93.4 Å². The average molecular weight is 341 g/mol. The van der Waals surface area contributed by atoms with Crippen molar-refractivity contribution in [3.8, 4) is 5.75 Å². The van der Waals surface area contributed by atoms with Crippen molar-refractivity contribution in [2.75, 3.05) is 24.2 Å². The number of nitrogen functional groups attached to an aromatic ring is 1. The van der Waals surface area contributed by atoms with Gasteiger partial charge in [0.2, 0.25) is 5.91 Å². The molecule has 0 radical (unpaired) electrons. The Morgan fingerprint density at radius 1 is 1.08 bits per heavy atom. The molecule has 25 heavy (non-hydrogen) atoms. The van der Waals surface area contributed by atoms with Gasteiger partial charge in [-0.25, -0.2) is 0 Å². The Labute approximate surface area is 147 Å². The molecular weight excluding hydrogens is 318 g/mol. The second kappa shape index (κ2) is 9.32. The quantitative estimate of drug-likeness (QED) is 0.508. The first-order chi connectivity index (χ1) is 12.1. The number of rotatable bonds is 8. The number of hydrogen-bond acceptors (Lipinski definition) is 4. The Bertz CT molecular complexity index is 731. The molecule has 0 aliphatic carbocycles. The third-order valence-corrected chi connectivity index (χ3v) is 3.53. The van der Waals surface area contributed by atoms with Crippen LogP contribution in [0.5, 0.6) is 5.75 Å². The number of anilines is 2. The lowest BCUT2D eigenvalue weighted by molar-refractivity contribution is -0.116. The minimum atomic E-state index is -0.211. The van der Waals surface area contributed by atoms with Gasteiger partial charge in [-0.05, 0) is 37.6 Å². The molecule has 0 unspecified atom stereocenters. The van der Waals surface area contributed by atoms with Crippen LogP contribution in [0, 0.1) is 0 Å². The molecule has 0 aromatic heterocycles. The predicted octanol–water partition coefficient (Wildman–Crippen LogP) is 2.82. The standard InChI is InChI=1S/C19H23N3O3/c1-2-25-17-11-6-3-8-14(17)19(24)21-13-7-12-18(23)22-16-10-5-4-9-15(16)20/h3-6,8-11H,2,7,12-13,20H2,1H3,(H,21,24)(H,22,23). The lowest BCUT2D eigenvalue weighted by Crippen LogP contribution is -2.26. The maximum Gasteiger partial charge on any atom is 0.255 e. The highest BCUT2D eigenvalue weighted by atomic mass is 16.5. The zero-order valence-corrected chi connectivity index (χ0v) is 14.2. The molecule has 0 saturated carbocycles. The number of carbonyl (C=O) groups is 2. The lowest BCUT2D eigenvalue weighted by atomic mass is 10.2. The molecule has 0 bridgehead atoms. The van der Waals surface area contributed by atoms with Crippen LogP contribution >= 0.6 is 0 Å². The molecular formula is C19H23N3O3. The van der Waals surface area contributed by atoms with Gasteiger partial charge >= 0.3 is 0 Å². The number of ether oxygens (including phenoxy) is 1. The van der Waals surface area contributed by atoms with Crippen molar-refractivity contribution < 1.29 is 14.3 Å². The molecule has 0 heterocycles. The van der Waals surface area contributed by atoms with Crippen LogP contribution in [0.1, 0.15) is 30.1 Å². The van der Waals surface area contributed by atoms with E-state index in [1.165, 1.54) is 0 Å². The number of nitrogens with one attached hydrogen (secondary N) is 2. The SMILES string of the molecule is CCOc1ccccc1C(=O)NCCCC(=O)Nc1ccccc1N. The van der Waals surface area contributed by atoms with Crippen LogP contribution < -0.4 is 21.1 Å². The van der Waals surface area contributed by atoms with Crippen LogP contribution in [0.2, 0.25) is 0 Å². The van der Waals surface area contributed by atoms with Gasteiger partial charge in [-0.1, -0.05) is 24.3 Å². The number of hydrogen-bond donors (Lipinski definition) is 3. The van der Waals surface area contributed by atoms with E-state index >= 15 is 0 Å². The summed E-state index contributed by atoms with van der Waals surface area (Å²) in [7, 11) is 0. The zero-order valence-electron chi connectivity index (χ0n) is 14.2. The van der Waals surface area contributed by atoms with Gasteiger partial charge in [-0.15, -0.1) is 0 Å². The van der Waals surface area contributed by atoms with E-state index in [9.17, 15) is 9.59 Å². The molecule has 4 N–H and O–H groups in total. The highest BCUT2D eigenvalue weighted by Crippen LogP contribution is 2.18. The first kappa shape index (κ1) is 18.3. The number of carbonyl (C=O) groups excluding carboxylic acids is 2. The van der Waals surface area contributed by atoms with Gasteiger partial charge in [0.1, 0.15) is 5.75 Å². The van der Waals surface area contributed by atoms with E-state index < -0.39 is 0 Å². The van der Waals surface area contributed by atoms with Crippen molar-refractivity contribution in [3.05, 3.63) is 54.1 Å². The van der Waals surface area contributed by atoms with E-state index in [0.717, 1.165) is 0 Å². The fourth-order valence-electron chi connectivity index (χ4n) is 2.31. The molecule has 132 valence electrons. The maximum atomic E-state index is 12.2. The number of para-hydroxylation sites is 3. The first-order valence-corrected chi connectivity index (χ1v) is 8.26. The van der Waals surface area contributed by atoms with Crippen LogP contribution in [-0.2, 0) is 4.79 Å². The number of nitrogens with two attached hydrogens (primary N) is 1. The molecule has 0 spiro atoms. The highest BCUT2D eigenvalue weighted by Gasteiger charge is 2.11. The summed E-state index contributed by atoms with van der Waals surface area (Å²) in [5.41, 5.74) is 7.40. The minimum absolute atomic E-state index is 0.137. The molecule has 2 rings (SSSR count). The van der Waals surface area contributed by atoms with Gasteiger partial charge in [0.05, 0.1) is 23.5 Å². The first-order valence-electron chi connectivity index (χ1n) is 8.26. The van der Waals surface area contributed by atoms with Crippen LogP contribution in [0.25, 0.3) is 0 Å². The van der Waals surface area contributed by atoms with Crippen LogP contribution in [0.15, 0.2) is 48.5 Å². The van der Waals surface area contributed by atoms with Crippen LogP contribution in [-0.4, -0.2) is 25.0 Å². The molecule has 0 atom stereocenters. The van der Waals surface area contributed by atoms with Crippen LogP contribution in [0.3, 0.4) is 0 Å². The van der Waals surface area contributed by atoms with Gasteiger partial charge in [-0.3, -0.25) is 9.59 Å². The smallest absolute Gasteiger partial charge is 0.255 e. The molecule has 0 fully saturated rings. The Morgan fingerprint density at radius 3 is 2.56 bits per heavy atom. The summed E-state index contributed by atoms with van der Waals surface area (Å²) in [5, 5.41) is 5.56. The van der Waals surface area contributed by atoms with E-state index in [1.54, 1.807) is 36.4 Å². The molecule has 6 nitrogen and oxygen atoms in total. The summed E-state index contributed by atoms with van der Waals surface area (Å²) in [6.07, 6.45) is 0.822. The third kappa shape index (κ3) is 5.53. The summed E-state index contributed by atoms with van der Waals surface area (Å²) in [6.45, 7) is 2.76. The fraction of sp³-hybridized carbons (Fsp3) is 0.263. The molecule has 2 aromatic carbocycles. The van der Waals surface area contributed by atoms with Gasteiger partial charge in [0.25, 0.3) is 5.91 Å². The summed E-state index contributed by atoms with van der Waals surface area (Å²) in [4.78, 5) is 24.1. The summed E-state index contributed by atoms with van der Waals surface area (Å²) < 4.78 is 5.44. The van der Waals surface area contributed by atoms with Crippen molar-refractivity contribution in [2.45, 2.75) is 19.8 Å². The van der Waals surface area contributed by atoms with E-state index in [2.05, 4.69) is 10.6 Å². The molecule has 0 saturated heterocycles. The van der Waals surface area contributed by atoms with Gasteiger partial charge in [0, 0.05) is 13.0 Å². The van der Waals surface area contributed by atoms with E-state index in [1.807, 2.05) is 19.1 Å². The van der Waals surface area contributed by atoms with Crippen molar-refractivity contribution in [2.24, 2.45) is 0 Å². The minimum Gasteiger partial charge on any atom is -0.493 e. The zero-order chi connectivity index (χ0) is 18.1. The van der Waals surface area contributed by atoms with Gasteiger partial charge in [-0.2, -0.15) is 0 Å². The average Bonchev–Trinajstić information content (AvgIpc) is 2.61. The molecule has 0 aliphatic rings. The largest absolute Gasteiger partial charge is 0.493 e. The fourth-order valence-corrected chi connectivity index (χ4v) is 2.31. The third-order valence-electron chi connectivity index (χ3n) is 3.53. The highest BCUT2D eigenvalue weighted by molar-refractivity contribution is 5.97. The Hall–Kier alpha value is -3.02. The maximum absolute atomic E-state index is 12.2. The Balaban J connectivity index is 1.76. The number of benzene rings is 2. The van der Waals surface area contributed by atoms with Crippen molar-refractivity contribution >= 4 is 23.2 Å². The second-order valence-electron chi connectivity index (χ2n) is 5.42. The molecule has 0 aliphatic heterocycles. The monoisotopic (exact) mass is 341 g/mol. The van der Waals surface area contributed by atoms with Gasteiger partial charge < -0.3 is 21.1 Å². The Morgan fingerprint density at radius 2 is 1.80 bits per heavy atom. The summed E-state index contributed by atoms with van der Waals surface area (Å²) >= 11 is 0. The van der Waals surface area contributed by atoms with Crippen molar-refractivity contribution in [1.82, 2.24) is 5.32 Å². The van der Waals surface area contributed by atoms with E-state index in [0.29, 0.717) is 48.7 Å². The summed E-state index contributed by atoms with van der Waals surface area (Å²) in [5.74, 6) is 0.207. The number of amides is 2. The lowest BCUT2D eigenvalue weighted by Gasteiger charge is -2.11. The molecule has 6 heteroatoms. The van der Waals surface area contributed by atoms with E-state index in [-0.39, 0.29) is 11.8 Å². The van der Waals surface area contributed by atoms with Crippen molar-refractivity contribution in [3.63, 3.8) is 0 Å².